The highest BCUT2D eigenvalue weighted by molar-refractivity contribution is 6.31. The molecule has 31 heavy (non-hydrogen) atoms. The lowest BCUT2D eigenvalue weighted by Crippen LogP contribution is -2.47. The van der Waals surface area contributed by atoms with Crippen molar-refractivity contribution in [1.29, 1.82) is 0 Å². The minimum atomic E-state index is -0.319. The Hall–Kier alpha value is -2.71. The van der Waals surface area contributed by atoms with Gasteiger partial charge in [-0.25, -0.2) is 9.97 Å². The topological polar surface area (TPSA) is 81.7 Å². The lowest BCUT2D eigenvalue weighted by molar-refractivity contribution is -0.126. The standard InChI is InChI=1S/C22H27ClN6O2/c23-18-4-1-5-19(15-18)29-16-17(14-20(29)30)21(31)24-8-3-9-27-10-12-28(13-11-27)22-25-6-2-7-26-22/h1-2,4-7,15,17H,3,8-14,16H2,(H,24,31)/t17-/m1/s1. The summed E-state index contributed by atoms with van der Waals surface area (Å²) in [5, 5.41) is 3.58. The molecular weight excluding hydrogens is 416 g/mol. The molecule has 0 saturated carbocycles. The van der Waals surface area contributed by atoms with Crippen molar-refractivity contribution in [3.8, 4) is 0 Å². The molecule has 2 amide bonds. The van der Waals surface area contributed by atoms with Crippen LogP contribution in [0.25, 0.3) is 0 Å². The van der Waals surface area contributed by atoms with Crippen LogP contribution in [0.2, 0.25) is 5.02 Å². The van der Waals surface area contributed by atoms with Gasteiger partial charge in [-0.3, -0.25) is 14.5 Å². The van der Waals surface area contributed by atoms with Crippen LogP contribution in [0.4, 0.5) is 11.6 Å². The fourth-order valence-corrected chi connectivity index (χ4v) is 4.25. The Morgan fingerprint density at radius 1 is 1.13 bits per heavy atom. The maximum absolute atomic E-state index is 12.5. The van der Waals surface area contributed by atoms with Crippen LogP contribution in [0.1, 0.15) is 12.8 Å². The average molecular weight is 443 g/mol. The number of hydrogen-bond acceptors (Lipinski definition) is 6. The number of rotatable bonds is 7. The molecule has 0 spiro atoms. The number of piperazine rings is 1. The largest absolute Gasteiger partial charge is 0.356 e. The second kappa shape index (κ2) is 10.1. The molecule has 1 atom stereocenters. The number of hydrogen-bond donors (Lipinski definition) is 1. The third-order valence-electron chi connectivity index (χ3n) is 5.77. The van der Waals surface area contributed by atoms with Crippen LogP contribution in [0.5, 0.6) is 0 Å². The maximum atomic E-state index is 12.5. The first-order valence-corrected chi connectivity index (χ1v) is 11.1. The van der Waals surface area contributed by atoms with Crippen molar-refractivity contribution in [2.24, 2.45) is 5.92 Å². The molecule has 0 radical (unpaired) electrons. The van der Waals surface area contributed by atoms with Gasteiger partial charge in [-0.1, -0.05) is 17.7 Å². The lowest BCUT2D eigenvalue weighted by Gasteiger charge is -2.34. The van der Waals surface area contributed by atoms with E-state index in [-0.39, 0.29) is 24.2 Å². The third kappa shape index (κ3) is 5.51. The second-order valence-electron chi connectivity index (χ2n) is 7.91. The molecular formula is C22H27ClN6O2. The average Bonchev–Trinajstić information content (AvgIpc) is 3.19. The summed E-state index contributed by atoms with van der Waals surface area (Å²) in [7, 11) is 0. The minimum Gasteiger partial charge on any atom is -0.356 e. The van der Waals surface area contributed by atoms with Crippen molar-refractivity contribution < 1.29 is 9.59 Å². The monoisotopic (exact) mass is 442 g/mol. The summed E-state index contributed by atoms with van der Waals surface area (Å²) < 4.78 is 0. The van der Waals surface area contributed by atoms with Crippen LogP contribution < -0.4 is 15.1 Å². The molecule has 2 saturated heterocycles. The Labute approximate surface area is 187 Å². The van der Waals surface area contributed by atoms with E-state index in [0.717, 1.165) is 50.8 Å². The number of amides is 2. The number of benzene rings is 1. The van der Waals surface area contributed by atoms with E-state index in [1.54, 1.807) is 29.4 Å². The van der Waals surface area contributed by atoms with Crippen LogP contribution in [-0.2, 0) is 9.59 Å². The van der Waals surface area contributed by atoms with Crippen molar-refractivity contribution in [2.45, 2.75) is 12.8 Å². The van der Waals surface area contributed by atoms with Crippen molar-refractivity contribution in [3.63, 3.8) is 0 Å². The molecule has 2 aliphatic rings. The van der Waals surface area contributed by atoms with Gasteiger partial charge in [0.1, 0.15) is 0 Å². The van der Waals surface area contributed by atoms with Gasteiger partial charge < -0.3 is 15.1 Å². The fourth-order valence-electron chi connectivity index (χ4n) is 4.06. The Bertz CT molecular complexity index is 904. The first kappa shape index (κ1) is 21.5. The first-order valence-electron chi connectivity index (χ1n) is 10.7. The molecule has 3 heterocycles. The zero-order valence-electron chi connectivity index (χ0n) is 17.4. The minimum absolute atomic E-state index is 0.0392. The summed E-state index contributed by atoms with van der Waals surface area (Å²) in [6, 6.07) is 9.00. The van der Waals surface area contributed by atoms with E-state index in [4.69, 9.17) is 11.6 Å². The molecule has 0 unspecified atom stereocenters. The van der Waals surface area contributed by atoms with Gasteiger partial charge in [-0.15, -0.1) is 0 Å². The molecule has 9 heteroatoms. The molecule has 164 valence electrons. The van der Waals surface area contributed by atoms with Gasteiger partial charge in [0.25, 0.3) is 0 Å². The molecule has 0 bridgehead atoms. The van der Waals surface area contributed by atoms with Gasteiger partial charge in [-0.05, 0) is 37.2 Å². The number of anilines is 2. The molecule has 2 fully saturated rings. The molecule has 4 rings (SSSR count). The third-order valence-corrected chi connectivity index (χ3v) is 6.01. The Morgan fingerprint density at radius 2 is 1.90 bits per heavy atom. The molecule has 0 aliphatic carbocycles. The highest BCUT2D eigenvalue weighted by atomic mass is 35.5. The van der Waals surface area contributed by atoms with Crippen LogP contribution in [0, 0.1) is 5.92 Å². The number of nitrogens with one attached hydrogen (secondary N) is 1. The number of carbonyl (C=O) groups excluding carboxylic acids is 2. The van der Waals surface area contributed by atoms with Gasteiger partial charge in [0, 0.05) is 68.8 Å². The van der Waals surface area contributed by atoms with E-state index < -0.39 is 0 Å². The molecule has 1 aromatic heterocycles. The van der Waals surface area contributed by atoms with Gasteiger partial charge in [-0.2, -0.15) is 0 Å². The normalized spacial score (nSPS) is 19.6. The lowest BCUT2D eigenvalue weighted by atomic mass is 10.1. The van der Waals surface area contributed by atoms with Crippen LogP contribution >= 0.6 is 11.6 Å². The van der Waals surface area contributed by atoms with E-state index in [2.05, 4.69) is 25.1 Å². The fraction of sp³-hybridized carbons (Fsp3) is 0.455. The van der Waals surface area contributed by atoms with Crippen LogP contribution in [0.15, 0.2) is 42.7 Å². The smallest absolute Gasteiger partial charge is 0.227 e. The van der Waals surface area contributed by atoms with Crippen LogP contribution in [0.3, 0.4) is 0 Å². The van der Waals surface area contributed by atoms with Gasteiger partial charge in [0.2, 0.25) is 17.8 Å². The Morgan fingerprint density at radius 3 is 2.65 bits per heavy atom. The SMILES string of the molecule is O=C(NCCCN1CCN(c2ncccn2)CC1)[C@@H]1CC(=O)N(c2cccc(Cl)c2)C1. The van der Waals surface area contributed by atoms with Crippen molar-refractivity contribution in [2.75, 3.05) is 55.6 Å². The van der Waals surface area contributed by atoms with E-state index >= 15 is 0 Å². The number of nitrogens with zero attached hydrogens (tertiary/aromatic N) is 5. The predicted octanol–water partition coefficient (Wildman–Crippen LogP) is 1.81. The Balaban J connectivity index is 1.15. The molecule has 2 aliphatic heterocycles. The van der Waals surface area contributed by atoms with E-state index in [1.165, 1.54) is 0 Å². The number of halogens is 1. The highest BCUT2D eigenvalue weighted by Crippen LogP contribution is 2.27. The van der Waals surface area contributed by atoms with Gasteiger partial charge in [0.15, 0.2) is 0 Å². The predicted molar refractivity (Wildman–Crippen MR) is 120 cm³/mol. The van der Waals surface area contributed by atoms with Gasteiger partial charge >= 0.3 is 0 Å². The zero-order chi connectivity index (χ0) is 21.6. The second-order valence-corrected chi connectivity index (χ2v) is 8.34. The summed E-state index contributed by atoms with van der Waals surface area (Å²) in [6.07, 6.45) is 4.65. The molecule has 8 nitrogen and oxygen atoms in total. The first-order chi connectivity index (χ1) is 15.1. The summed E-state index contributed by atoms with van der Waals surface area (Å²) in [5.74, 6) is 0.375. The van der Waals surface area contributed by atoms with Crippen LogP contribution in [-0.4, -0.2) is 72.5 Å². The molecule has 1 aromatic carbocycles. The summed E-state index contributed by atoms with van der Waals surface area (Å²) in [6.45, 7) is 5.66. The van der Waals surface area contributed by atoms with Crippen molar-refractivity contribution in [3.05, 3.63) is 47.7 Å². The summed E-state index contributed by atoms with van der Waals surface area (Å²) >= 11 is 6.03. The highest BCUT2D eigenvalue weighted by Gasteiger charge is 2.35. The quantitative estimate of drug-likeness (QED) is 0.658. The summed E-state index contributed by atoms with van der Waals surface area (Å²) in [5.41, 5.74) is 0.743. The Kier molecular flexibility index (Phi) is 6.99. The van der Waals surface area contributed by atoms with E-state index in [9.17, 15) is 9.59 Å². The zero-order valence-corrected chi connectivity index (χ0v) is 18.2. The molecule has 2 aromatic rings. The van der Waals surface area contributed by atoms with E-state index in [1.807, 2.05) is 18.2 Å². The van der Waals surface area contributed by atoms with E-state index in [0.29, 0.717) is 18.1 Å². The number of aromatic nitrogens is 2. The van der Waals surface area contributed by atoms with Crippen molar-refractivity contribution in [1.82, 2.24) is 20.2 Å². The molecule has 1 N–H and O–H groups in total. The van der Waals surface area contributed by atoms with Crippen molar-refractivity contribution >= 4 is 35.1 Å². The maximum Gasteiger partial charge on any atom is 0.227 e. The van der Waals surface area contributed by atoms with Gasteiger partial charge in [0.05, 0.1) is 5.92 Å². The number of carbonyl (C=O) groups is 2. The summed E-state index contributed by atoms with van der Waals surface area (Å²) in [4.78, 5) is 39.7.